The van der Waals surface area contributed by atoms with E-state index in [0.29, 0.717) is 0 Å². The molecule has 1 aliphatic heterocycles. The summed E-state index contributed by atoms with van der Waals surface area (Å²) < 4.78 is 0.718. The molecule has 0 radical (unpaired) electrons. The molecule has 0 saturated carbocycles. The highest BCUT2D eigenvalue weighted by Gasteiger charge is 2.25. The van der Waals surface area contributed by atoms with E-state index in [1.165, 1.54) is 0 Å². The van der Waals surface area contributed by atoms with Crippen LogP contribution in [0.2, 0.25) is 0 Å². The Balaban J connectivity index is 2.14. The fourth-order valence-electron chi connectivity index (χ4n) is 2.82. The van der Waals surface area contributed by atoms with Gasteiger partial charge in [0.15, 0.2) is 11.5 Å². The van der Waals surface area contributed by atoms with Gasteiger partial charge in [-0.25, -0.2) is 0 Å². The fourth-order valence-corrected chi connectivity index (χ4v) is 3.68. The van der Waals surface area contributed by atoms with E-state index in [1.807, 2.05) is 12.1 Å². The van der Waals surface area contributed by atoms with E-state index in [1.54, 1.807) is 18.2 Å². The first-order valence-corrected chi connectivity index (χ1v) is 7.88. The van der Waals surface area contributed by atoms with Gasteiger partial charge in [0, 0.05) is 12.5 Å². The van der Waals surface area contributed by atoms with Gasteiger partial charge >= 0.3 is 0 Å². The Morgan fingerprint density at radius 3 is 2.52 bits per heavy atom. The maximum atomic E-state index is 9.94. The summed E-state index contributed by atoms with van der Waals surface area (Å²) in [6, 6.07) is 8.80. The summed E-state index contributed by atoms with van der Waals surface area (Å²) >= 11 is 2.09. The summed E-state index contributed by atoms with van der Waals surface area (Å²) in [5.74, 6) is 0.205. The maximum Gasteiger partial charge on any atom is 0.171 e. The van der Waals surface area contributed by atoms with Gasteiger partial charge in [0.25, 0.3) is 0 Å². The van der Waals surface area contributed by atoms with Crippen molar-refractivity contribution in [2.75, 3.05) is 13.1 Å². The van der Waals surface area contributed by atoms with Gasteiger partial charge in [0.1, 0.15) is 5.75 Å². The van der Waals surface area contributed by atoms with E-state index in [2.05, 4.69) is 27.9 Å². The highest BCUT2D eigenvalue weighted by Crippen LogP contribution is 2.40. The molecule has 0 aliphatic carbocycles. The lowest BCUT2D eigenvalue weighted by Gasteiger charge is -2.20. The molecule has 1 aliphatic rings. The monoisotopic (exact) mass is 397 g/mol. The quantitative estimate of drug-likeness (QED) is 0.441. The molecule has 0 bridgehead atoms. The van der Waals surface area contributed by atoms with Crippen LogP contribution in [0.15, 0.2) is 30.3 Å². The molecule has 0 saturated heterocycles. The van der Waals surface area contributed by atoms with Crippen molar-refractivity contribution < 1.29 is 15.3 Å². The predicted molar refractivity (Wildman–Crippen MR) is 89.0 cm³/mol. The van der Waals surface area contributed by atoms with Crippen LogP contribution in [0, 0.1) is 3.57 Å². The lowest BCUT2D eigenvalue weighted by atomic mass is 9.87. The smallest absolute Gasteiger partial charge is 0.171 e. The lowest BCUT2D eigenvalue weighted by molar-refractivity contribution is 0.399. The number of phenolic OH excluding ortho intramolecular Hbond substituents is 3. The third-order valence-electron chi connectivity index (χ3n) is 3.93. The number of phenols is 3. The lowest BCUT2D eigenvalue weighted by Crippen LogP contribution is -2.20. The van der Waals surface area contributed by atoms with E-state index >= 15 is 0 Å². The standard InChI is InChI=1S/C16H16INO3/c17-15-11-5-6-18-8-13(9-1-3-10(19)4-2-9)12(11)7-14(20)16(15)21/h1-4,7,13,18-21H,5-6,8H2. The van der Waals surface area contributed by atoms with Crippen LogP contribution in [0.5, 0.6) is 17.2 Å². The number of fused-ring (bicyclic) bond motifs is 1. The molecule has 1 unspecified atom stereocenters. The number of hydrogen-bond donors (Lipinski definition) is 4. The molecule has 4 N–H and O–H groups in total. The van der Waals surface area contributed by atoms with Crippen molar-refractivity contribution in [1.29, 1.82) is 0 Å². The number of benzene rings is 2. The SMILES string of the molecule is Oc1ccc(C2CNCCc3c2cc(O)c(O)c3I)cc1. The second kappa shape index (κ2) is 5.73. The number of halogens is 1. The molecule has 0 fully saturated rings. The van der Waals surface area contributed by atoms with Crippen LogP contribution in [0.3, 0.4) is 0 Å². The average molecular weight is 397 g/mol. The van der Waals surface area contributed by atoms with Crippen molar-refractivity contribution in [3.63, 3.8) is 0 Å². The Morgan fingerprint density at radius 2 is 1.81 bits per heavy atom. The number of aromatic hydroxyl groups is 3. The summed E-state index contributed by atoms with van der Waals surface area (Å²) in [5, 5.41) is 32.7. The second-order valence-electron chi connectivity index (χ2n) is 5.22. The summed E-state index contributed by atoms with van der Waals surface area (Å²) in [7, 11) is 0. The highest BCUT2D eigenvalue weighted by atomic mass is 127. The van der Waals surface area contributed by atoms with E-state index in [0.717, 1.165) is 39.8 Å². The maximum absolute atomic E-state index is 9.94. The first-order chi connectivity index (χ1) is 10.1. The summed E-state index contributed by atoms with van der Waals surface area (Å²) in [6.45, 7) is 1.60. The van der Waals surface area contributed by atoms with E-state index in [9.17, 15) is 15.3 Å². The minimum absolute atomic E-state index is 0.0410. The first kappa shape index (κ1) is 14.5. The first-order valence-electron chi connectivity index (χ1n) is 6.80. The molecule has 5 heteroatoms. The van der Waals surface area contributed by atoms with Gasteiger partial charge in [0.2, 0.25) is 0 Å². The molecule has 1 atom stereocenters. The predicted octanol–water partition coefficient (Wildman–Crippen LogP) is 2.69. The third kappa shape index (κ3) is 2.67. The summed E-state index contributed by atoms with van der Waals surface area (Å²) in [5.41, 5.74) is 3.18. The van der Waals surface area contributed by atoms with E-state index in [4.69, 9.17) is 0 Å². The fraction of sp³-hybridized carbons (Fsp3) is 0.250. The molecule has 4 nitrogen and oxygen atoms in total. The van der Waals surface area contributed by atoms with Gasteiger partial charge < -0.3 is 20.6 Å². The van der Waals surface area contributed by atoms with Crippen molar-refractivity contribution in [2.24, 2.45) is 0 Å². The topological polar surface area (TPSA) is 72.7 Å². The van der Waals surface area contributed by atoms with Gasteiger partial charge in [-0.3, -0.25) is 0 Å². The average Bonchev–Trinajstić information content (AvgIpc) is 2.68. The Kier molecular flexibility index (Phi) is 3.95. The third-order valence-corrected chi connectivity index (χ3v) is 5.09. The van der Waals surface area contributed by atoms with Crippen molar-refractivity contribution in [3.8, 4) is 17.2 Å². The molecule has 1 heterocycles. The molecule has 2 aromatic carbocycles. The Hall–Kier alpha value is -1.47. The second-order valence-corrected chi connectivity index (χ2v) is 6.30. The Morgan fingerprint density at radius 1 is 1.10 bits per heavy atom. The summed E-state index contributed by atoms with van der Waals surface area (Å²) in [6.07, 6.45) is 0.816. The van der Waals surface area contributed by atoms with Gasteiger partial charge in [-0.05, 0) is 70.4 Å². The molecule has 3 rings (SSSR count). The molecule has 0 aromatic heterocycles. The number of nitrogens with one attached hydrogen (secondary N) is 1. The van der Waals surface area contributed by atoms with Crippen LogP contribution in [-0.2, 0) is 6.42 Å². The highest BCUT2D eigenvalue weighted by molar-refractivity contribution is 14.1. The molecule has 2 aromatic rings. The number of hydrogen-bond acceptors (Lipinski definition) is 4. The zero-order valence-electron chi connectivity index (χ0n) is 11.3. The van der Waals surface area contributed by atoms with E-state index < -0.39 is 0 Å². The molecule has 110 valence electrons. The van der Waals surface area contributed by atoms with Gasteiger partial charge in [-0.15, -0.1) is 0 Å². The Bertz CT molecular complexity index is 670. The minimum atomic E-state index is -0.0798. The van der Waals surface area contributed by atoms with Gasteiger partial charge in [0.05, 0.1) is 3.57 Å². The van der Waals surface area contributed by atoms with Crippen molar-refractivity contribution >= 4 is 22.6 Å². The van der Waals surface area contributed by atoms with Crippen LogP contribution in [0.1, 0.15) is 22.6 Å². The molecule has 0 amide bonds. The molecule has 21 heavy (non-hydrogen) atoms. The van der Waals surface area contributed by atoms with Crippen LogP contribution in [0.25, 0.3) is 0 Å². The van der Waals surface area contributed by atoms with Crippen molar-refractivity contribution in [2.45, 2.75) is 12.3 Å². The van der Waals surface area contributed by atoms with Crippen LogP contribution in [0.4, 0.5) is 0 Å². The number of rotatable bonds is 1. The largest absolute Gasteiger partial charge is 0.508 e. The van der Waals surface area contributed by atoms with Crippen LogP contribution < -0.4 is 5.32 Å². The zero-order valence-corrected chi connectivity index (χ0v) is 13.5. The van der Waals surface area contributed by atoms with Gasteiger partial charge in [-0.1, -0.05) is 12.1 Å². The molecular formula is C16H16INO3. The summed E-state index contributed by atoms with van der Waals surface area (Å²) in [4.78, 5) is 0. The Labute approximate surface area is 136 Å². The van der Waals surface area contributed by atoms with Gasteiger partial charge in [-0.2, -0.15) is 0 Å². The van der Waals surface area contributed by atoms with E-state index in [-0.39, 0.29) is 23.2 Å². The zero-order chi connectivity index (χ0) is 15.0. The van der Waals surface area contributed by atoms with Crippen LogP contribution >= 0.6 is 22.6 Å². The molecular weight excluding hydrogens is 381 g/mol. The minimum Gasteiger partial charge on any atom is -0.508 e. The van der Waals surface area contributed by atoms with Crippen molar-refractivity contribution in [1.82, 2.24) is 5.32 Å². The molecule has 0 spiro atoms. The normalized spacial score (nSPS) is 18.0. The van der Waals surface area contributed by atoms with Crippen molar-refractivity contribution in [3.05, 3.63) is 50.6 Å². The van der Waals surface area contributed by atoms with Crippen LogP contribution in [-0.4, -0.2) is 28.4 Å².